The molecule has 2 aromatic heterocycles. The highest BCUT2D eigenvalue weighted by Gasteiger charge is 2.22. The molecule has 1 N–H and O–H groups in total. The second kappa shape index (κ2) is 6.87. The van der Waals surface area contributed by atoms with Crippen LogP contribution in [0, 0.1) is 0 Å². The van der Waals surface area contributed by atoms with E-state index in [2.05, 4.69) is 46.6 Å². The van der Waals surface area contributed by atoms with Gasteiger partial charge in [-0.25, -0.2) is 9.67 Å². The van der Waals surface area contributed by atoms with Gasteiger partial charge in [-0.15, -0.1) is 11.3 Å². The van der Waals surface area contributed by atoms with Gasteiger partial charge >= 0.3 is 0 Å². The van der Waals surface area contributed by atoms with Gasteiger partial charge in [0.05, 0.1) is 10.7 Å². The summed E-state index contributed by atoms with van der Waals surface area (Å²) in [5, 5.41) is 9.32. The SMILES string of the molecule is C[C@@H](NCc1cnc(C2CCC2)s1)c1ccccc1-n1cccn1. The molecule has 4 nitrogen and oxygen atoms in total. The van der Waals surface area contributed by atoms with E-state index in [0.29, 0.717) is 0 Å². The standard InChI is InChI=1S/C19H22N4S/c1-14(17-8-2-3-9-18(17)23-11-5-10-22-23)20-12-16-13-21-19(24-16)15-6-4-7-15/h2-3,5,8-11,13-15,20H,4,6-7,12H2,1H3/t14-/m1/s1. The van der Waals surface area contributed by atoms with Crippen LogP contribution >= 0.6 is 11.3 Å². The van der Waals surface area contributed by atoms with Gasteiger partial charge in [0, 0.05) is 42.0 Å². The molecule has 0 radical (unpaired) electrons. The third-order valence-corrected chi connectivity index (χ3v) is 5.92. The highest BCUT2D eigenvalue weighted by Crippen LogP contribution is 2.38. The summed E-state index contributed by atoms with van der Waals surface area (Å²) in [5.74, 6) is 0.724. The van der Waals surface area contributed by atoms with E-state index in [1.807, 2.05) is 40.7 Å². The first-order chi connectivity index (χ1) is 11.8. The van der Waals surface area contributed by atoms with Gasteiger partial charge in [-0.05, 0) is 37.5 Å². The predicted octanol–water partition coefficient (Wildman–Crippen LogP) is 4.45. The summed E-state index contributed by atoms with van der Waals surface area (Å²) in [7, 11) is 0. The summed E-state index contributed by atoms with van der Waals surface area (Å²) in [6.45, 7) is 3.06. The van der Waals surface area contributed by atoms with E-state index in [9.17, 15) is 0 Å². The Morgan fingerprint density at radius 1 is 1.29 bits per heavy atom. The molecule has 24 heavy (non-hydrogen) atoms. The lowest BCUT2D eigenvalue weighted by Crippen LogP contribution is -2.19. The molecular formula is C19H22N4S. The normalized spacial score (nSPS) is 16.0. The number of benzene rings is 1. The third-order valence-electron chi connectivity index (χ3n) is 4.76. The van der Waals surface area contributed by atoms with E-state index in [1.165, 1.54) is 34.7 Å². The zero-order valence-electron chi connectivity index (χ0n) is 13.9. The largest absolute Gasteiger partial charge is 0.305 e. The van der Waals surface area contributed by atoms with Crippen LogP contribution in [0.1, 0.15) is 53.6 Å². The molecule has 0 bridgehead atoms. The first-order valence-electron chi connectivity index (χ1n) is 8.58. The lowest BCUT2D eigenvalue weighted by Gasteiger charge is -2.22. The number of nitrogens with one attached hydrogen (secondary N) is 1. The number of aromatic nitrogens is 3. The van der Waals surface area contributed by atoms with Crippen molar-refractivity contribution in [3.8, 4) is 5.69 Å². The van der Waals surface area contributed by atoms with Crippen LogP contribution in [-0.2, 0) is 6.54 Å². The molecule has 4 rings (SSSR count). The van der Waals surface area contributed by atoms with Gasteiger partial charge < -0.3 is 5.32 Å². The molecule has 1 aliphatic rings. The minimum atomic E-state index is 0.250. The van der Waals surface area contributed by atoms with Crippen LogP contribution < -0.4 is 5.32 Å². The van der Waals surface area contributed by atoms with Gasteiger partial charge in [-0.2, -0.15) is 5.10 Å². The lowest BCUT2D eigenvalue weighted by atomic mass is 9.86. The molecule has 1 aromatic carbocycles. The Kier molecular flexibility index (Phi) is 4.45. The monoisotopic (exact) mass is 338 g/mol. The van der Waals surface area contributed by atoms with E-state index < -0.39 is 0 Å². The van der Waals surface area contributed by atoms with Crippen LogP contribution in [0.25, 0.3) is 5.69 Å². The summed E-state index contributed by atoms with van der Waals surface area (Å²) in [6, 6.07) is 10.6. The van der Waals surface area contributed by atoms with Crippen molar-refractivity contribution in [3.05, 3.63) is 64.4 Å². The van der Waals surface area contributed by atoms with Crippen LogP contribution in [0.4, 0.5) is 0 Å². The van der Waals surface area contributed by atoms with Gasteiger partial charge in [-0.1, -0.05) is 24.6 Å². The molecule has 5 heteroatoms. The summed E-state index contributed by atoms with van der Waals surface area (Å²) < 4.78 is 1.93. The van der Waals surface area contributed by atoms with E-state index in [-0.39, 0.29) is 6.04 Å². The molecule has 2 heterocycles. The second-order valence-corrected chi connectivity index (χ2v) is 7.55. The molecule has 1 aliphatic carbocycles. The number of hydrogen-bond donors (Lipinski definition) is 1. The maximum Gasteiger partial charge on any atom is 0.0959 e. The maximum atomic E-state index is 4.61. The summed E-state index contributed by atoms with van der Waals surface area (Å²) >= 11 is 1.86. The average molecular weight is 338 g/mol. The number of rotatable bonds is 6. The van der Waals surface area contributed by atoms with Crippen molar-refractivity contribution in [1.29, 1.82) is 0 Å². The van der Waals surface area contributed by atoms with E-state index in [1.54, 1.807) is 0 Å². The molecule has 1 atom stereocenters. The predicted molar refractivity (Wildman–Crippen MR) is 97.5 cm³/mol. The van der Waals surface area contributed by atoms with Gasteiger partial charge in [0.2, 0.25) is 0 Å². The molecule has 0 spiro atoms. The lowest BCUT2D eigenvalue weighted by molar-refractivity contribution is 0.418. The highest BCUT2D eigenvalue weighted by atomic mass is 32.1. The van der Waals surface area contributed by atoms with Crippen LogP contribution in [0.2, 0.25) is 0 Å². The average Bonchev–Trinajstić information content (AvgIpc) is 3.23. The number of para-hydroxylation sites is 1. The number of nitrogens with zero attached hydrogens (tertiary/aromatic N) is 3. The maximum absolute atomic E-state index is 4.61. The molecule has 124 valence electrons. The topological polar surface area (TPSA) is 42.7 Å². The molecule has 0 unspecified atom stereocenters. The van der Waals surface area contributed by atoms with Crippen LogP contribution in [-0.4, -0.2) is 14.8 Å². The second-order valence-electron chi connectivity index (χ2n) is 6.40. The van der Waals surface area contributed by atoms with Gasteiger partial charge in [0.15, 0.2) is 0 Å². The van der Waals surface area contributed by atoms with Gasteiger partial charge in [0.1, 0.15) is 0 Å². The fraction of sp³-hybridized carbons (Fsp3) is 0.368. The smallest absolute Gasteiger partial charge is 0.0959 e. The van der Waals surface area contributed by atoms with Gasteiger partial charge in [-0.3, -0.25) is 0 Å². The van der Waals surface area contributed by atoms with Crippen molar-refractivity contribution in [2.75, 3.05) is 0 Å². The minimum absolute atomic E-state index is 0.250. The van der Waals surface area contributed by atoms with E-state index in [4.69, 9.17) is 0 Å². The van der Waals surface area contributed by atoms with Crippen molar-refractivity contribution < 1.29 is 0 Å². The van der Waals surface area contributed by atoms with Crippen LogP contribution in [0.3, 0.4) is 0 Å². The summed E-state index contributed by atoms with van der Waals surface area (Å²) in [5.41, 5.74) is 2.38. The van der Waals surface area contributed by atoms with Crippen molar-refractivity contribution in [3.63, 3.8) is 0 Å². The third kappa shape index (κ3) is 3.14. The Hall–Kier alpha value is -1.98. The Balaban J connectivity index is 1.45. The molecule has 0 aliphatic heterocycles. The molecule has 1 saturated carbocycles. The fourth-order valence-electron chi connectivity index (χ4n) is 3.09. The Morgan fingerprint density at radius 2 is 2.17 bits per heavy atom. The van der Waals surface area contributed by atoms with E-state index >= 15 is 0 Å². The zero-order chi connectivity index (χ0) is 16.4. The molecule has 0 amide bonds. The Morgan fingerprint density at radius 3 is 2.92 bits per heavy atom. The zero-order valence-corrected chi connectivity index (χ0v) is 14.7. The van der Waals surface area contributed by atoms with Crippen molar-refractivity contribution in [1.82, 2.24) is 20.1 Å². The van der Waals surface area contributed by atoms with Crippen molar-refractivity contribution >= 4 is 11.3 Å². The van der Waals surface area contributed by atoms with Crippen molar-refractivity contribution in [2.24, 2.45) is 0 Å². The molecule has 0 saturated heterocycles. The van der Waals surface area contributed by atoms with Crippen LogP contribution in [0.15, 0.2) is 48.9 Å². The number of thiazole rings is 1. The Labute approximate surface area is 146 Å². The van der Waals surface area contributed by atoms with Crippen molar-refractivity contribution in [2.45, 2.75) is 44.7 Å². The highest BCUT2D eigenvalue weighted by molar-refractivity contribution is 7.11. The van der Waals surface area contributed by atoms with Crippen LogP contribution in [0.5, 0.6) is 0 Å². The number of hydrogen-bond acceptors (Lipinski definition) is 4. The summed E-state index contributed by atoms with van der Waals surface area (Å²) in [4.78, 5) is 5.93. The molecule has 1 fully saturated rings. The summed E-state index contributed by atoms with van der Waals surface area (Å²) in [6.07, 6.45) is 9.83. The fourth-order valence-corrected chi connectivity index (χ4v) is 4.12. The molecule has 3 aromatic rings. The van der Waals surface area contributed by atoms with Gasteiger partial charge in [0.25, 0.3) is 0 Å². The first kappa shape index (κ1) is 15.5. The minimum Gasteiger partial charge on any atom is -0.305 e. The molecular weight excluding hydrogens is 316 g/mol. The quantitative estimate of drug-likeness (QED) is 0.722. The van der Waals surface area contributed by atoms with E-state index in [0.717, 1.165) is 18.2 Å². The first-order valence-corrected chi connectivity index (χ1v) is 9.40. The Bertz CT molecular complexity index is 789.